The molecular weight excluding hydrogens is 234 g/mol. The second kappa shape index (κ2) is 6.74. The summed E-state index contributed by atoms with van der Waals surface area (Å²) in [6, 6.07) is 2.18. The van der Waals surface area contributed by atoms with Crippen LogP contribution in [0.2, 0.25) is 0 Å². The Bertz CT molecular complexity index is 413. The maximum absolute atomic E-state index is 4.05. The highest BCUT2D eigenvalue weighted by molar-refractivity contribution is 7.78. The molecule has 0 aliphatic heterocycles. The highest BCUT2D eigenvalue weighted by atomic mass is 32.1. The number of rotatable bonds is 5. The number of aryl methyl sites for hydroxylation is 1. The first-order valence-corrected chi connectivity index (χ1v) is 6.46. The molecule has 0 aliphatic carbocycles. The van der Waals surface area contributed by atoms with E-state index in [9.17, 15) is 0 Å². The van der Waals surface area contributed by atoms with Crippen molar-refractivity contribution in [3.63, 3.8) is 0 Å². The fraction of sp³-hybridized carbons (Fsp3) is 0.231. The van der Waals surface area contributed by atoms with Crippen LogP contribution in [0.4, 0.5) is 0 Å². The Kier molecular flexibility index (Phi) is 5.60. The highest BCUT2D eigenvalue weighted by Crippen LogP contribution is 2.25. The molecule has 0 amide bonds. The van der Waals surface area contributed by atoms with Crippen molar-refractivity contribution in [2.75, 3.05) is 6.54 Å². The van der Waals surface area contributed by atoms with Crippen LogP contribution in [0.3, 0.4) is 0 Å². The topological polar surface area (TPSA) is 12.0 Å². The van der Waals surface area contributed by atoms with E-state index in [1.165, 1.54) is 21.6 Å². The van der Waals surface area contributed by atoms with Crippen LogP contribution < -0.4 is 4.72 Å². The molecule has 0 radical (unpaired) electrons. The molecule has 1 heterocycles. The minimum absolute atomic E-state index is 0.726. The molecule has 0 saturated heterocycles. The van der Waals surface area contributed by atoms with Gasteiger partial charge in [0.15, 0.2) is 0 Å². The second-order valence-electron chi connectivity index (χ2n) is 3.42. The lowest BCUT2D eigenvalue weighted by molar-refractivity contribution is 1.09. The largest absolute Gasteiger partial charge is 0.262 e. The lowest BCUT2D eigenvalue weighted by Crippen LogP contribution is -2.05. The summed E-state index contributed by atoms with van der Waals surface area (Å²) in [5.74, 6) is 0. The second-order valence-corrected chi connectivity index (χ2v) is 4.86. The average molecular weight is 251 g/mol. The number of nitrogens with one attached hydrogen (secondary N) is 1. The van der Waals surface area contributed by atoms with Gasteiger partial charge in [-0.3, -0.25) is 4.72 Å². The van der Waals surface area contributed by atoms with E-state index in [0.29, 0.717) is 0 Å². The standard InChI is InChI=1S/C13H17NS2/c1-4-6-11(8-14-15)13(5-2)12-7-10(3)16-9-12/h4-7,9,14-15H,2,8H2,1,3H3/b6-4-,13-11-. The van der Waals surface area contributed by atoms with Gasteiger partial charge in [-0.05, 0) is 42.0 Å². The monoisotopic (exact) mass is 251 g/mol. The summed E-state index contributed by atoms with van der Waals surface area (Å²) in [5.41, 5.74) is 3.60. The van der Waals surface area contributed by atoms with Crippen molar-refractivity contribution in [2.45, 2.75) is 13.8 Å². The normalized spacial score (nSPS) is 12.9. The zero-order chi connectivity index (χ0) is 12.0. The van der Waals surface area contributed by atoms with Crippen LogP contribution >= 0.6 is 24.2 Å². The Morgan fingerprint density at radius 1 is 1.62 bits per heavy atom. The number of hydrogen-bond acceptors (Lipinski definition) is 3. The maximum Gasteiger partial charge on any atom is 0.0313 e. The van der Waals surface area contributed by atoms with Gasteiger partial charge in [0, 0.05) is 11.4 Å². The zero-order valence-electron chi connectivity index (χ0n) is 9.66. The lowest BCUT2D eigenvalue weighted by Gasteiger charge is -2.07. The molecule has 0 aromatic carbocycles. The highest BCUT2D eigenvalue weighted by Gasteiger charge is 2.05. The summed E-state index contributed by atoms with van der Waals surface area (Å²) in [4.78, 5) is 1.31. The predicted molar refractivity (Wildman–Crippen MR) is 78.0 cm³/mol. The van der Waals surface area contributed by atoms with E-state index in [0.717, 1.165) is 6.54 Å². The molecule has 1 rings (SSSR count). The van der Waals surface area contributed by atoms with Crippen molar-refractivity contribution in [3.05, 3.63) is 52.3 Å². The van der Waals surface area contributed by atoms with Gasteiger partial charge in [0.05, 0.1) is 0 Å². The molecule has 1 nitrogen and oxygen atoms in total. The first-order chi connectivity index (χ1) is 7.72. The summed E-state index contributed by atoms with van der Waals surface area (Å²) in [6.07, 6.45) is 6.03. The molecule has 0 saturated carbocycles. The number of thiophene rings is 1. The van der Waals surface area contributed by atoms with E-state index in [-0.39, 0.29) is 0 Å². The number of allylic oxidation sites excluding steroid dienone is 3. The zero-order valence-corrected chi connectivity index (χ0v) is 11.4. The Morgan fingerprint density at radius 2 is 2.38 bits per heavy atom. The van der Waals surface area contributed by atoms with E-state index >= 15 is 0 Å². The lowest BCUT2D eigenvalue weighted by atomic mass is 10.0. The van der Waals surface area contributed by atoms with Gasteiger partial charge in [-0.25, -0.2) is 0 Å². The van der Waals surface area contributed by atoms with Crippen LogP contribution in [-0.4, -0.2) is 6.54 Å². The first kappa shape index (κ1) is 13.3. The van der Waals surface area contributed by atoms with Gasteiger partial charge in [0.2, 0.25) is 0 Å². The van der Waals surface area contributed by atoms with Crippen molar-refractivity contribution >= 4 is 29.7 Å². The van der Waals surface area contributed by atoms with Crippen molar-refractivity contribution < 1.29 is 0 Å². The van der Waals surface area contributed by atoms with Gasteiger partial charge >= 0.3 is 0 Å². The Morgan fingerprint density at radius 3 is 2.81 bits per heavy atom. The van der Waals surface area contributed by atoms with E-state index in [1.807, 2.05) is 19.1 Å². The van der Waals surface area contributed by atoms with Crippen molar-refractivity contribution in [2.24, 2.45) is 0 Å². The molecule has 1 aromatic heterocycles. The van der Waals surface area contributed by atoms with Crippen LogP contribution in [0.5, 0.6) is 0 Å². The molecule has 0 fully saturated rings. The molecule has 1 aromatic rings. The molecule has 0 atom stereocenters. The predicted octanol–water partition coefficient (Wildman–Crippen LogP) is 4.01. The third-order valence-electron chi connectivity index (χ3n) is 2.23. The molecule has 16 heavy (non-hydrogen) atoms. The van der Waals surface area contributed by atoms with E-state index in [2.05, 4.69) is 48.6 Å². The van der Waals surface area contributed by atoms with E-state index in [4.69, 9.17) is 0 Å². The first-order valence-electron chi connectivity index (χ1n) is 5.13. The van der Waals surface area contributed by atoms with Gasteiger partial charge in [-0.1, -0.05) is 37.6 Å². The van der Waals surface area contributed by atoms with Crippen molar-refractivity contribution in [1.29, 1.82) is 0 Å². The molecule has 1 N–H and O–H groups in total. The number of hydrogen-bond donors (Lipinski definition) is 2. The Balaban J connectivity index is 3.18. The summed E-state index contributed by atoms with van der Waals surface area (Å²) in [7, 11) is 0. The minimum atomic E-state index is 0.726. The molecule has 3 heteroatoms. The molecular formula is C13H17NS2. The fourth-order valence-corrected chi connectivity index (χ4v) is 2.42. The van der Waals surface area contributed by atoms with Gasteiger partial charge < -0.3 is 0 Å². The molecule has 86 valence electrons. The van der Waals surface area contributed by atoms with Crippen LogP contribution in [-0.2, 0) is 0 Å². The third-order valence-corrected chi connectivity index (χ3v) is 3.25. The third kappa shape index (κ3) is 3.37. The molecule has 0 bridgehead atoms. The average Bonchev–Trinajstić information content (AvgIpc) is 2.67. The van der Waals surface area contributed by atoms with E-state index < -0.39 is 0 Å². The van der Waals surface area contributed by atoms with E-state index in [1.54, 1.807) is 11.3 Å². The Labute approximate surface area is 107 Å². The molecule has 0 aliphatic rings. The van der Waals surface area contributed by atoms with Crippen LogP contribution in [0.25, 0.3) is 5.57 Å². The summed E-state index contributed by atoms with van der Waals surface area (Å²) in [5, 5.41) is 2.16. The summed E-state index contributed by atoms with van der Waals surface area (Å²) < 4.78 is 2.88. The van der Waals surface area contributed by atoms with Gasteiger partial charge in [0.25, 0.3) is 0 Å². The maximum atomic E-state index is 4.05. The van der Waals surface area contributed by atoms with Crippen LogP contribution in [0.1, 0.15) is 17.4 Å². The van der Waals surface area contributed by atoms with Gasteiger partial charge in [-0.2, -0.15) is 0 Å². The van der Waals surface area contributed by atoms with Crippen molar-refractivity contribution in [1.82, 2.24) is 4.72 Å². The SMILES string of the molecule is C=C/C(=C(\C=C/C)CNS)c1csc(C)c1. The summed E-state index contributed by atoms with van der Waals surface area (Å²) in [6.45, 7) is 8.74. The fourth-order valence-electron chi connectivity index (χ4n) is 1.55. The molecule has 0 spiro atoms. The smallest absolute Gasteiger partial charge is 0.0313 e. The molecule has 0 unspecified atom stereocenters. The van der Waals surface area contributed by atoms with Crippen LogP contribution in [0, 0.1) is 6.92 Å². The summed E-state index contributed by atoms with van der Waals surface area (Å²) >= 11 is 5.81. The van der Waals surface area contributed by atoms with Gasteiger partial charge in [0.1, 0.15) is 0 Å². The van der Waals surface area contributed by atoms with Gasteiger partial charge in [-0.15, -0.1) is 11.3 Å². The Hall–Kier alpha value is -0.770. The minimum Gasteiger partial charge on any atom is -0.262 e. The van der Waals surface area contributed by atoms with Crippen molar-refractivity contribution in [3.8, 4) is 0 Å². The number of thiol groups is 1. The van der Waals surface area contributed by atoms with Crippen LogP contribution in [0.15, 0.2) is 41.8 Å². The quantitative estimate of drug-likeness (QED) is 0.595.